The van der Waals surface area contributed by atoms with E-state index in [-0.39, 0.29) is 5.97 Å². The summed E-state index contributed by atoms with van der Waals surface area (Å²) in [6, 6.07) is 0. The van der Waals surface area contributed by atoms with Crippen molar-refractivity contribution in [1.29, 1.82) is 0 Å². The Morgan fingerprint density at radius 1 is 1.48 bits per heavy atom. The van der Waals surface area contributed by atoms with E-state index >= 15 is 0 Å². The van der Waals surface area contributed by atoms with E-state index in [0.717, 1.165) is 36.7 Å². The van der Waals surface area contributed by atoms with E-state index in [9.17, 15) is 4.79 Å². The molecule has 0 amide bonds. The van der Waals surface area contributed by atoms with E-state index in [1.165, 1.54) is 0 Å². The summed E-state index contributed by atoms with van der Waals surface area (Å²) in [6.07, 6.45) is 4.47. The zero-order valence-electron chi connectivity index (χ0n) is 13.4. The van der Waals surface area contributed by atoms with Crippen LogP contribution in [0.15, 0.2) is 11.5 Å². The number of nitrogens with zero attached hydrogens (tertiary/aromatic N) is 3. The van der Waals surface area contributed by atoms with Crippen molar-refractivity contribution >= 4 is 17.7 Å². The number of nitrogens with one attached hydrogen (secondary N) is 1. The zero-order valence-corrected chi connectivity index (χ0v) is 14.2. The van der Waals surface area contributed by atoms with Crippen molar-refractivity contribution in [3.05, 3.63) is 6.33 Å². The smallest absolute Gasteiger partial charge is 0.326 e. The molecule has 6 nitrogen and oxygen atoms in total. The van der Waals surface area contributed by atoms with Gasteiger partial charge in [-0.15, -0.1) is 10.2 Å². The minimum Gasteiger partial charge on any atom is -0.465 e. The van der Waals surface area contributed by atoms with Gasteiger partial charge in [-0.05, 0) is 33.2 Å². The second-order valence-corrected chi connectivity index (χ2v) is 6.17. The molecule has 1 unspecified atom stereocenters. The molecule has 0 saturated carbocycles. The third-order valence-electron chi connectivity index (χ3n) is 3.27. The van der Waals surface area contributed by atoms with Crippen molar-refractivity contribution in [2.45, 2.75) is 50.7 Å². The molecule has 0 aliphatic rings. The maximum Gasteiger partial charge on any atom is 0.326 e. The first-order valence-electron chi connectivity index (χ1n) is 7.42. The standard InChI is InChI=1S/C14H26N4O2S/c1-5-15-14(3,12(19)20-6-2)9-7-8-10-21-13-17-16-11-18(13)4/h11,15H,5-10H2,1-4H3. The summed E-state index contributed by atoms with van der Waals surface area (Å²) in [4.78, 5) is 12.0. The van der Waals surface area contributed by atoms with Crippen LogP contribution >= 0.6 is 11.8 Å². The minimum absolute atomic E-state index is 0.159. The molecule has 1 N–H and O–H groups in total. The van der Waals surface area contributed by atoms with Gasteiger partial charge in [0.1, 0.15) is 11.9 Å². The van der Waals surface area contributed by atoms with Crippen molar-refractivity contribution in [3.8, 4) is 0 Å². The van der Waals surface area contributed by atoms with Gasteiger partial charge in [-0.2, -0.15) is 0 Å². The van der Waals surface area contributed by atoms with E-state index in [4.69, 9.17) is 4.74 Å². The predicted octanol–water partition coefficient (Wildman–Crippen LogP) is 2.01. The fourth-order valence-electron chi connectivity index (χ4n) is 2.09. The lowest BCUT2D eigenvalue weighted by molar-refractivity contribution is -0.150. The number of unbranched alkanes of at least 4 members (excludes halogenated alkanes) is 1. The molecule has 0 fully saturated rings. The number of carbonyl (C=O) groups is 1. The monoisotopic (exact) mass is 314 g/mol. The molecule has 1 rings (SSSR count). The Labute approximate surface area is 131 Å². The molecular weight excluding hydrogens is 288 g/mol. The molecule has 7 heteroatoms. The fraction of sp³-hybridized carbons (Fsp3) is 0.786. The summed E-state index contributed by atoms with van der Waals surface area (Å²) in [5, 5.41) is 12.1. The first kappa shape index (κ1) is 18.0. The Kier molecular flexibility index (Phi) is 7.74. The number of carbonyl (C=O) groups excluding carboxylic acids is 1. The molecule has 21 heavy (non-hydrogen) atoms. The number of aromatic nitrogens is 3. The molecule has 0 saturated heterocycles. The first-order valence-corrected chi connectivity index (χ1v) is 8.41. The summed E-state index contributed by atoms with van der Waals surface area (Å²) in [5.41, 5.74) is -0.583. The number of rotatable bonds is 10. The first-order chi connectivity index (χ1) is 10.0. The van der Waals surface area contributed by atoms with E-state index in [1.54, 1.807) is 18.1 Å². The molecule has 0 aliphatic carbocycles. The normalized spacial score (nSPS) is 13.9. The number of hydrogen-bond donors (Lipinski definition) is 1. The van der Waals surface area contributed by atoms with Crippen LogP contribution in [0, 0.1) is 0 Å². The molecule has 1 heterocycles. The Hall–Kier alpha value is -1.08. The summed E-state index contributed by atoms with van der Waals surface area (Å²) in [5.74, 6) is 0.810. The maximum atomic E-state index is 12.0. The van der Waals surface area contributed by atoms with Crippen LogP contribution in [0.25, 0.3) is 0 Å². The van der Waals surface area contributed by atoms with Gasteiger partial charge in [0.15, 0.2) is 5.16 Å². The van der Waals surface area contributed by atoms with Crippen LogP contribution < -0.4 is 5.32 Å². The van der Waals surface area contributed by atoms with E-state index in [2.05, 4.69) is 15.5 Å². The van der Waals surface area contributed by atoms with Crippen LogP contribution in [0.1, 0.15) is 40.0 Å². The van der Waals surface area contributed by atoms with Crippen molar-refractivity contribution in [1.82, 2.24) is 20.1 Å². The number of ether oxygens (including phenoxy) is 1. The van der Waals surface area contributed by atoms with Crippen molar-refractivity contribution < 1.29 is 9.53 Å². The SMILES string of the molecule is CCNC(C)(CCCCSc1nncn1C)C(=O)OCC. The summed E-state index contributed by atoms with van der Waals surface area (Å²) < 4.78 is 7.07. The van der Waals surface area contributed by atoms with Gasteiger partial charge in [0.25, 0.3) is 0 Å². The lowest BCUT2D eigenvalue weighted by atomic mass is 9.95. The predicted molar refractivity (Wildman–Crippen MR) is 84.3 cm³/mol. The lowest BCUT2D eigenvalue weighted by Gasteiger charge is -2.28. The third kappa shape index (κ3) is 5.67. The van der Waals surface area contributed by atoms with Gasteiger partial charge >= 0.3 is 5.97 Å². The van der Waals surface area contributed by atoms with Gasteiger partial charge in [-0.25, -0.2) is 0 Å². The Morgan fingerprint density at radius 2 is 2.24 bits per heavy atom. The molecule has 0 radical (unpaired) electrons. The minimum atomic E-state index is -0.583. The lowest BCUT2D eigenvalue weighted by Crippen LogP contribution is -2.50. The number of esters is 1. The van der Waals surface area contributed by atoms with Crippen LogP contribution in [0.3, 0.4) is 0 Å². The zero-order chi connectivity index (χ0) is 15.7. The average molecular weight is 314 g/mol. The molecule has 0 aliphatic heterocycles. The molecule has 0 bridgehead atoms. The summed E-state index contributed by atoms with van der Waals surface area (Å²) >= 11 is 1.69. The van der Waals surface area contributed by atoms with E-state index < -0.39 is 5.54 Å². The molecule has 1 aromatic heterocycles. The molecule has 0 spiro atoms. The molecule has 1 atom stereocenters. The second kappa shape index (κ2) is 9.04. The van der Waals surface area contributed by atoms with Crippen molar-refractivity contribution in [2.24, 2.45) is 7.05 Å². The highest BCUT2D eigenvalue weighted by Crippen LogP contribution is 2.20. The van der Waals surface area contributed by atoms with Crippen LogP contribution in [0.2, 0.25) is 0 Å². The molecule has 0 aromatic carbocycles. The third-order valence-corrected chi connectivity index (χ3v) is 4.39. The van der Waals surface area contributed by atoms with Crippen molar-refractivity contribution in [2.75, 3.05) is 18.9 Å². The fourth-order valence-corrected chi connectivity index (χ4v) is 2.98. The highest BCUT2D eigenvalue weighted by atomic mass is 32.2. The Morgan fingerprint density at radius 3 is 2.81 bits per heavy atom. The second-order valence-electron chi connectivity index (χ2n) is 5.11. The van der Waals surface area contributed by atoms with Gasteiger partial charge in [0.05, 0.1) is 6.61 Å². The topological polar surface area (TPSA) is 69.0 Å². The molecule has 1 aromatic rings. The van der Waals surface area contributed by atoms with Gasteiger partial charge in [-0.1, -0.05) is 25.1 Å². The van der Waals surface area contributed by atoms with E-state index in [0.29, 0.717) is 6.61 Å². The molecule has 120 valence electrons. The maximum absolute atomic E-state index is 12.0. The summed E-state index contributed by atoms with van der Waals surface area (Å²) in [7, 11) is 1.94. The number of thioether (sulfide) groups is 1. The van der Waals surface area contributed by atoms with Gasteiger partial charge in [0.2, 0.25) is 0 Å². The number of hydrogen-bond acceptors (Lipinski definition) is 6. The number of aryl methyl sites for hydroxylation is 1. The van der Waals surface area contributed by atoms with Gasteiger partial charge in [0, 0.05) is 12.8 Å². The highest BCUT2D eigenvalue weighted by Gasteiger charge is 2.32. The van der Waals surface area contributed by atoms with Crippen molar-refractivity contribution in [3.63, 3.8) is 0 Å². The van der Waals surface area contributed by atoms with Crippen LogP contribution in [0.5, 0.6) is 0 Å². The van der Waals surface area contributed by atoms with Gasteiger partial charge < -0.3 is 14.6 Å². The Balaban J connectivity index is 2.33. The van der Waals surface area contributed by atoms with Crippen LogP contribution in [-0.2, 0) is 16.6 Å². The van der Waals surface area contributed by atoms with Crippen LogP contribution in [-0.4, -0.2) is 45.2 Å². The highest BCUT2D eigenvalue weighted by molar-refractivity contribution is 7.99. The average Bonchev–Trinajstić information content (AvgIpc) is 2.84. The largest absolute Gasteiger partial charge is 0.465 e. The molecular formula is C14H26N4O2S. The van der Waals surface area contributed by atoms with Crippen LogP contribution in [0.4, 0.5) is 0 Å². The van der Waals surface area contributed by atoms with E-state index in [1.807, 2.05) is 32.4 Å². The summed E-state index contributed by atoms with van der Waals surface area (Å²) in [6.45, 7) is 6.93. The quantitative estimate of drug-likeness (QED) is 0.405. The number of likely N-dealkylation sites (N-methyl/N-ethyl adjacent to an activating group) is 1. The Bertz CT molecular complexity index is 438. The van der Waals surface area contributed by atoms with Gasteiger partial charge in [-0.3, -0.25) is 4.79 Å².